The number of piperidine rings is 1. The van der Waals surface area contributed by atoms with Crippen LogP contribution in [-0.4, -0.2) is 59.3 Å². The van der Waals surface area contributed by atoms with Crippen molar-refractivity contribution >= 4 is 32.8 Å². The van der Waals surface area contributed by atoms with Crippen molar-refractivity contribution in [3.63, 3.8) is 0 Å². The van der Waals surface area contributed by atoms with Crippen LogP contribution in [0.3, 0.4) is 0 Å². The number of benzene rings is 2. The zero-order valence-corrected chi connectivity index (χ0v) is 26.5. The second kappa shape index (κ2) is 11.4. The maximum atomic E-state index is 11.6. The average Bonchev–Trinajstić information content (AvgIpc) is 3.30. The predicted octanol–water partition coefficient (Wildman–Crippen LogP) is 4.87. The Morgan fingerprint density at radius 2 is 1.82 bits per heavy atom. The molecule has 2 atom stereocenters. The summed E-state index contributed by atoms with van der Waals surface area (Å²) in [6, 6.07) is 16.9. The third-order valence-electron chi connectivity index (χ3n) is 10.5. The Morgan fingerprint density at radius 1 is 1.05 bits per heavy atom. The maximum absolute atomic E-state index is 11.6. The Hall–Kier alpha value is -3.58. The van der Waals surface area contributed by atoms with Crippen LogP contribution < -0.4 is 4.74 Å². The number of hydrogen-bond donors (Lipinski definition) is 1. The van der Waals surface area contributed by atoms with Crippen molar-refractivity contribution in [3.05, 3.63) is 87.9 Å². The smallest absolute Gasteiger partial charge is 0.354 e. The molecule has 0 spiro atoms. The Bertz CT molecular complexity index is 1730. The van der Waals surface area contributed by atoms with E-state index in [1.807, 2.05) is 6.07 Å². The molecule has 1 saturated heterocycles. The third kappa shape index (κ3) is 5.33. The van der Waals surface area contributed by atoms with E-state index in [1.165, 1.54) is 47.1 Å². The first kappa shape index (κ1) is 29.1. The first-order valence-electron chi connectivity index (χ1n) is 16.4. The number of para-hydroxylation sites is 1. The Kier molecular flexibility index (Phi) is 7.56. The molecule has 4 aromatic rings. The number of likely N-dealkylation sites (tertiary alicyclic amines) is 1. The number of pyridine rings is 1. The molecule has 4 heterocycles. The topological polar surface area (TPSA) is 80.5 Å². The summed E-state index contributed by atoms with van der Waals surface area (Å²) in [7, 11) is 4.62. The van der Waals surface area contributed by atoms with Crippen LogP contribution in [0.5, 0.6) is 5.75 Å². The molecular formula is C35H42B2N4O3. The zero-order valence-electron chi connectivity index (χ0n) is 26.5. The van der Waals surface area contributed by atoms with Gasteiger partial charge in [-0.15, -0.1) is 0 Å². The van der Waals surface area contributed by atoms with Gasteiger partial charge in [0.05, 0.1) is 12.0 Å². The molecule has 1 aliphatic carbocycles. The summed E-state index contributed by atoms with van der Waals surface area (Å²) in [4.78, 5) is 23.6. The fourth-order valence-electron chi connectivity index (χ4n) is 7.95. The number of imidazole rings is 1. The standard InChI is InChI=1S/C35H42B2N4O3/c1-21-9-10-27(22(2)17-21)35(37)18-28(36)26-8-4-7-25(32(26)44-35)24-13-15-40(16-14-24)20-31-38-29-11-12-30(34(42)43)39-33(29)41(31)19-23-5-3-6-23/h4,7-12,17,23-24,28H,3,5-6,13-16,18-20,36-37H2,1-2H3,(H,42,43)/t28?,35-/m1/s1. The molecule has 44 heavy (non-hydrogen) atoms. The Balaban J connectivity index is 1.11. The lowest BCUT2D eigenvalue weighted by Gasteiger charge is -2.43. The highest BCUT2D eigenvalue weighted by atomic mass is 16.5. The minimum atomic E-state index is -0.997. The summed E-state index contributed by atoms with van der Waals surface area (Å²) in [5.41, 5.74) is 7.78. The molecular weight excluding hydrogens is 546 g/mol. The number of aromatic nitrogens is 3. The molecule has 0 bridgehead atoms. The van der Waals surface area contributed by atoms with Gasteiger partial charge in [0.25, 0.3) is 0 Å². The number of ether oxygens (including phenoxy) is 1. The minimum absolute atomic E-state index is 0.0796. The number of aryl methyl sites for hydroxylation is 2. The van der Waals surface area contributed by atoms with Crippen molar-refractivity contribution in [3.8, 4) is 5.75 Å². The first-order chi connectivity index (χ1) is 21.2. The molecule has 3 aliphatic rings. The molecule has 9 heteroatoms. The van der Waals surface area contributed by atoms with Gasteiger partial charge in [-0.1, -0.05) is 48.4 Å². The van der Waals surface area contributed by atoms with Gasteiger partial charge in [0.1, 0.15) is 24.9 Å². The van der Waals surface area contributed by atoms with Gasteiger partial charge in [0.2, 0.25) is 0 Å². The summed E-state index contributed by atoms with van der Waals surface area (Å²) in [5, 5.41) is 9.55. The summed E-state index contributed by atoms with van der Waals surface area (Å²) >= 11 is 0. The highest BCUT2D eigenvalue weighted by Gasteiger charge is 2.39. The zero-order chi connectivity index (χ0) is 30.6. The van der Waals surface area contributed by atoms with E-state index in [2.05, 4.69) is 80.4 Å². The van der Waals surface area contributed by atoms with Crippen molar-refractivity contribution in [1.82, 2.24) is 19.4 Å². The molecule has 7 rings (SSSR count). The molecule has 2 aliphatic heterocycles. The van der Waals surface area contributed by atoms with Crippen LogP contribution in [-0.2, 0) is 18.6 Å². The van der Waals surface area contributed by atoms with Gasteiger partial charge in [-0.25, -0.2) is 14.8 Å². The summed E-state index contributed by atoms with van der Waals surface area (Å²) in [5.74, 6) is 2.59. The van der Waals surface area contributed by atoms with Crippen molar-refractivity contribution in [2.45, 2.75) is 82.7 Å². The summed E-state index contributed by atoms with van der Waals surface area (Å²) < 4.78 is 9.26. The lowest BCUT2D eigenvalue weighted by molar-refractivity contribution is 0.0690. The summed E-state index contributed by atoms with van der Waals surface area (Å²) in [6.45, 7) is 7.95. The second-order valence-corrected chi connectivity index (χ2v) is 13.9. The van der Waals surface area contributed by atoms with Crippen molar-refractivity contribution in [2.75, 3.05) is 13.1 Å². The van der Waals surface area contributed by atoms with Crippen molar-refractivity contribution < 1.29 is 14.6 Å². The first-order valence-corrected chi connectivity index (χ1v) is 16.4. The highest BCUT2D eigenvalue weighted by molar-refractivity contribution is 6.18. The normalized spacial score (nSPS) is 22.8. The van der Waals surface area contributed by atoms with Gasteiger partial charge in [-0.3, -0.25) is 4.90 Å². The molecule has 1 saturated carbocycles. The van der Waals surface area contributed by atoms with E-state index >= 15 is 0 Å². The van der Waals surface area contributed by atoms with E-state index in [1.54, 1.807) is 6.07 Å². The predicted molar refractivity (Wildman–Crippen MR) is 178 cm³/mol. The van der Waals surface area contributed by atoms with Gasteiger partial charge in [-0.05, 0) is 111 Å². The highest BCUT2D eigenvalue weighted by Crippen LogP contribution is 2.48. The third-order valence-corrected chi connectivity index (χ3v) is 10.5. The number of nitrogens with zero attached hydrogens (tertiary/aromatic N) is 4. The molecule has 1 unspecified atom stereocenters. The molecule has 0 amide bonds. The minimum Gasteiger partial charge on any atom is -0.492 e. The van der Waals surface area contributed by atoms with Crippen LogP contribution in [0.2, 0.25) is 0 Å². The molecule has 0 radical (unpaired) electrons. The summed E-state index contributed by atoms with van der Waals surface area (Å²) in [6.07, 6.45) is 6.80. The lowest BCUT2D eigenvalue weighted by atomic mass is 9.61. The van der Waals surface area contributed by atoms with Crippen molar-refractivity contribution in [1.29, 1.82) is 0 Å². The van der Waals surface area contributed by atoms with E-state index < -0.39 is 5.97 Å². The second-order valence-electron chi connectivity index (χ2n) is 13.9. The molecule has 226 valence electrons. The van der Waals surface area contributed by atoms with Crippen LogP contribution in [0.25, 0.3) is 11.2 Å². The van der Waals surface area contributed by atoms with E-state index in [4.69, 9.17) is 9.72 Å². The quantitative estimate of drug-likeness (QED) is 0.311. The van der Waals surface area contributed by atoms with Crippen LogP contribution in [0.15, 0.2) is 48.5 Å². The molecule has 1 N–H and O–H groups in total. The monoisotopic (exact) mass is 588 g/mol. The number of aromatic carboxylic acids is 1. The number of hydrogen-bond acceptors (Lipinski definition) is 5. The fraction of sp³-hybridized carbons (Fsp3) is 0.457. The van der Waals surface area contributed by atoms with Crippen LogP contribution in [0.4, 0.5) is 0 Å². The lowest BCUT2D eigenvalue weighted by Crippen LogP contribution is -2.40. The van der Waals surface area contributed by atoms with Crippen LogP contribution in [0, 0.1) is 19.8 Å². The number of carboxylic acids is 1. The number of carboxylic acid groups (broad SMARTS) is 1. The van der Waals surface area contributed by atoms with E-state index in [0.717, 1.165) is 62.5 Å². The Morgan fingerprint density at radius 3 is 2.52 bits per heavy atom. The number of fused-ring (bicyclic) bond motifs is 2. The molecule has 7 nitrogen and oxygen atoms in total. The number of rotatable bonds is 7. The van der Waals surface area contributed by atoms with Gasteiger partial charge in [0.15, 0.2) is 19.2 Å². The average molecular weight is 588 g/mol. The van der Waals surface area contributed by atoms with Gasteiger partial charge < -0.3 is 14.4 Å². The van der Waals surface area contributed by atoms with Gasteiger partial charge in [0, 0.05) is 6.54 Å². The van der Waals surface area contributed by atoms with E-state index in [9.17, 15) is 9.90 Å². The largest absolute Gasteiger partial charge is 0.492 e. The maximum Gasteiger partial charge on any atom is 0.354 e. The van der Waals surface area contributed by atoms with Crippen LogP contribution in [0.1, 0.15) is 94.4 Å². The molecule has 2 fully saturated rings. The molecule has 2 aromatic heterocycles. The Labute approximate surface area is 261 Å². The van der Waals surface area contributed by atoms with Crippen LogP contribution >= 0.6 is 0 Å². The van der Waals surface area contributed by atoms with E-state index in [0.29, 0.717) is 23.3 Å². The SMILES string of the molecule is BC1C[C@](B)(c2ccc(C)cc2C)Oc2c1cccc2C1CCN(Cc2nc3ccc(C(=O)O)nc3n2CC2CCC2)CC1. The van der Waals surface area contributed by atoms with E-state index in [-0.39, 0.29) is 11.2 Å². The van der Waals surface area contributed by atoms with Gasteiger partial charge in [-0.2, -0.15) is 0 Å². The molecule has 2 aromatic carbocycles. The van der Waals surface area contributed by atoms with Gasteiger partial charge >= 0.3 is 5.97 Å². The number of carbonyl (C=O) groups is 1. The van der Waals surface area contributed by atoms with Crippen molar-refractivity contribution in [2.24, 2.45) is 5.92 Å². The fourth-order valence-corrected chi connectivity index (χ4v) is 7.95.